The number of nitrogens with one attached hydrogen (secondary N) is 1. The molecule has 28 heavy (non-hydrogen) atoms. The largest absolute Gasteiger partial charge is 0.383 e. The van der Waals surface area contributed by atoms with Gasteiger partial charge in [0.2, 0.25) is 0 Å². The Balaban J connectivity index is 1.38. The van der Waals surface area contributed by atoms with Crippen molar-refractivity contribution in [1.29, 1.82) is 0 Å². The summed E-state index contributed by atoms with van der Waals surface area (Å²) in [6.45, 7) is 3.19. The number of aromatic nitrogens is 2. The van der Waals surface area contributed by atoms with Crippen molar-refractivity contribution >= 4 is 6.03 Å². The third kappa shape index (κ3) is 4.20. The van der Waals surface area contributed by atoms with E-state index in [2.05, 4.69) is 23.6 Å². The molecule has 2 aliphatic rings. The Morgan fingerprint density at radius 3 is 3.04 bits per heavy atom. The van der Waals surface area contributed by atoms with Crippen LogP contribution in [0.1, 0.15) is 35.8 Å². The first-order valence-electron chi connectivity index (χ1n) is 9.99. The number of methoxy groups -OCH3 is 1. The van der Waals surface area contributed by atoms with Crippen molar-refractivity contribution in [2.75, 3.05) is 33.4 Å². The van der Waals surface area contributed by atoms with Crippen LogP contribution in [0.2, 0.25) is 0 Å². The van der Waals surface area contributed by atoms with Crippen LogP contribution in [0.3, 0.4) is 0 Å². The number of amides is 2. The van der Waals surface area contributed by atoms with E-state index in [1.807, 2.05) is 27.8 Å². The molecule has 1 aromatic heterocycles. The summed E-state index contributed by atoms with van der Waals surface area (Å²) in [5.74, 6) is 0. The van der Waals surface area contributed by atoms with Crippen LogP contribution in [0.4, 0.5) is 4.79 Å². The maximum atomic E-state index is 12.6. The summed E-state index contributed by atoms with van der Waals surface area (Å²) >= 11 is 0. The fourth-order valence-corrected chi connectivity index (χ4v) is 4.09. The smallest absolute Gasteiger partial charge is 0.317 e. The lowest BCUT2D eigenvalue weighted by atomic mass is 10.1. The minimum absolute atomic E-state index is 0.0426. The molecular formula is C21H28N4O3. The van der Waals surface area contributed by atoms with Gasteiger partial charge in [-0.25, -0.2) is 4.79 Å². The summed E-state index contributed by atoms with van der Waals surface area (Å²) < 4.78 is 13.1. The Bertz CT molecular complexity index is 792. The fraction of sp³-hybridized carbons (Fsp3) is 0.524. The predicted octanol–water partition coefficient (Wildman–Crippen LogP) is 2.37. The van der Waals surface area contributed by atoms with Crippen molar-refractivity contribution < 1.29 is 14.3 Å². The second kappa shape index (κ2) is 8.75. The lowest BCUT2D eigenvalue weighted by molar-refractivity contribution is 0.0395. The SMILES string of the molecule is COC[C@@H]1CCCN1C(=O)NC[C@H]1OCCc2cn(Cc3ccccc3)nc21. The van der Waals surface area contributed by atoms with Gasteiger partial charge >= 0.3 is 6.03 Å². The first-order chi connectivity index (χ1) is 13.7. The van der Waals surface area contributed by atoms with Crippen LogP contribution < -0.4 is 5.32 Å². The van der Waals surface area contributed by atoms with Crippen LogP contribution in [0.15, 0.2) is 36.5 Å². The normalized spacial score (nSPS) is 21.5. The molecule has 7 nitrogen and oxygen atoms in total. The molecule has 0 radical (unpaired) electrons. The predicted molar refractivity (Wildman–Crippen MR) is 105 cm³/mol. The number of benzene rings is 1. The highest BCUT2D eigenvalue weighted by Crippen LogP contribution is 2.26. The number of carbonyl (C=O) groups excluding carboxylic acids is 1. The molecule has 0 unspecified atom stereocenters. The van der Waals surface area contributed by atoms with E-state index < -0.39 is 0 Å². The summed E-state index contributed by atoms with van der Waals surface area (Å²) in [7, 11) is 1.68. The molecule has 0 aliphatic carbocycles. The van der Waals surface area contributed by atoms with E-state index in [1.165, 1.54) is 11.1 Å². The summed E-state index contributed by atoms with van der Waals surface area (Å²) in [4.78, 5) is 14.5. The molecule has 1 saturated heterocycles. The van der Waals surface area contributed by atoms with Gasteiger partial charge in [0.25, 0.3) is 0 Å². The van der Waals surface area contributed by atoms with Crippen molar-refractivity contribution in [3.05, 3.63) is 53.3 Å². The second-order valence-corrected chi connectivity index (χ2v) is 7.46. The Labute approximate surface area is 165 Å². The molecule has 3 heterocycles. The van der Waals surface area contributed by atoms with Crippen LogP contribution in [-0.2, 0) is 22.4 Å². The molecule has 2 amide bonds. The lowest BCUT2D eigenvalue weighted by Crippen LogP contribution is -2.46. The minimum Gasteiger partial charge on any atom is -0.383 e. The maximum Gasteiger partial charge on any atom is 0.317 e. The van der Waals surface area contributed by atoms with Gasteiger partial charge in [0.1, 0.15) is 6.10 Å². The number of nitrogens with zero attached hydrogens (tertiary/aromatic N) is 3. The summed E-state index contributed by atoms with van der Waals surface area (Å²) in [6, 6.07) is 10.4. The highest BCUT2D eigenvalue weighted by molar-refractivity contribution is 5.74. The summed E-state index contributed by atoms with van der Waals surface area (Å²) in [5, 5.41) is 7.79. The van der Waals surface area contributed by atoms with E-state index in [9.17, 15) is 4.79 Å². The molecule has 1 aromatic carbocycles. The molecule has 0 spiro atoms. The fourth-order valence-electron chi connectivity index (χ4n) is 4.09. The standard InChI is InChI=1S/C21H28N4O3/c1-27-15-18-8-5-10-25(18)21(26)22-12-19-20-17(9-11-28-19)14-24(23-20)13-16-6-3-2-4-7-16/h2-4,6-7,14,18-19H,5,8-13,15H2,1H3,(H,22,26)/t18-,19+/m0/s1. The quantitative estimate of drug-likeness (QED) is 0.830. The van der Waals surface area contributed by atoms with Crippen LogP contribution in [0, 0.1) is 0 Å². The van der Waals surface area contributed by atoms with Gasteiger partial charge in [-0.05, 0) is 30.4 Å². The maximum absolute atomic E-state index is 12.6. The number of urea groups is 1. The Kier molecular flexibility index (Phi) is 5.92. The van der Waals surface area contributed by atoms with Gasteiger partial charge in [-0.2, -0.15) is 5.10 Å². The number of likely N-dealkylation sites (tertiary alicyclic amines) is 1. The Morgan fingerprint density at radius 2 is 2.21 bits per heavy atom. The van der Waals surface area contributed by atoms with Gasteiger partial charge in [0.15, 0.2) is 0 Å². The number of fused-ring (bicyclic) bond motifs is 1. The van der Waals surface area contributed by atoms with E-state index in [4.69, 9.17) is 14.6 Å². The zero-order chi connectivity index (χ0) is 19.3. The zero-order valence-corrected chi connectivity index (χ0v) is 16.3. The van der Waals surface area contributed by atoms with Gasteiger partial charge in [-0.1, -0.05) is 30.3 Å². The average Bonchev–Trinajstić information content (AvgIpc) is 3.34. The summed E-state index contributed by atoms with van der Waals surface area (Å²) in [5.41, 5.74) is 3.36. The first-order valence-corrected chi connectivity index (χ1v) is 9.99. The van der Waals surface area contributed by atoms with Crippen molar-refractivity contribution in [1.82, 2.24) is 20.0 Å². The molecule has 7 heteroatoms. The van der Waals surface area contributed by atoms with Crippen molar-refractivity contribution in [3.8, 4) is 0 Å². The van der Waals surface area contributed by atoms with Crippen LogP contribution in [0.25, 0.3) is 0 Å². The van der Waals surface area contributed by atoms with Crippen LogP contribution >= 0.6 is 0 Å². The monoisotopic (exact) mass is 384 g/mol. The van der Waals surface area contributed by atoms with Gasteiger partial charge in [-0.15, -0.1) is 0 Å². The van der Waals surface area contributed by atoms with Gasteiger partial charge in [0.05, 0.1) is 38.0 Å². The third-order valence-corrected chi connectivity index (χ3v) is 5.49. The van der Waals surface area contributed by atoms with Gasteiger partial charge in [-0.3, -0.25) is 4.68 Å². The molecule has 2 atom stereocenters. The molecule has 150 valence electrons. The third-order valence-electron chi connectivity index (χ3n) is 5.49. The molecule has 2 aromatic rings. The molecule has 0 saturated carbocycles. The highest BCUT2D eigenvalue weighted by atomic mass is 16.5. The Hall–Kier alpha value is -2.38. The number of hydrogen-bond donors (Lipinski definition) is 1. The van der Waals surface area contributed by atoms with E-state index in [-0.39, 0.29) is 18.2 Å². The molecule has 2 aliphatic heterocycles. The van der Waals surface area contributed by atoms with Crippen molar-refractivity contribution in [3.63, 3.8) is 0 Å². The first kappa shape index (κ1) is 19.0. The second-order valence-electron chi connectivity index (χ2n) is 7.46. The lowest BCUT2D eigenvalue weighted by Gasteiger charge is -2.27. The molecule has 4 rings (SSSR count). The number of rotatable bonds is 6. The molecule has 1 N–H and O–H groups in total. The number of ether oxygens (including phenoxy) is 2. The minimum atomic E-state index is -0.201. The zero-order valence-electron chi connectivity index (χ0n) is 16.3. The highest BCUT2D eigenvalue weighted by Gasteiger charge is 2.30. The summed E-state index contributed by atoms with van der Waals surface area (Å²) in [6.07, 6.45) is 4.78. The van der Waals surface area contributed by atoms with Crippen molar-refractivity contribution in [2.45, 2.75) is 38.0 Å². The van der Waals surface area contributed by atoms with Crippen LogP contribution in [-0.4, -0.2) is 60.2 Å². The van der Waals surface area contributed by atoms with Gasteiger partial charge in [0, 0.05) is 19.9 Å². The van der Waals surface area contributed by atoms with E-state index >= 15 is 0 Å². The number of carbonyl (C=O) groups is 1. The van der Waals surface area contributed by atoms with E-state index in [0.717, 1.165) is 38.0 Å². The van der Waals surface area contributed by atoms with Crippen molar-refractivity contribution in [2.24, 2.45) is 0 Å². The van der Waals surface area contributed by atoms with E-state index in [1.54, 1.807) is 7.11 Å². The van der Waals surface area contributed by atoms with E-state index in [0.29, 0.717) is 19.8 Å². The molecule has 0 bridgehead atoms. The average molecular weight is 384 g/mol. The van der Waals surface area contributed by atoms with Crippen LogP contribution in [0.5, 0.6) is 0 Å². The number of hydrogen-bond acceptors (Lipinski definition) is 4. The van der Waals surface area contributed by atoms with Gasteiger partial charge < -0.3 is 19.7 Å². The Morgan fingerprint density at radius 1 is 1.36 bits per heavy atom. The molecule has 1 fully saturated rings. The molecular weight excluding hydrogens is 356 g/mol. The topological polar surface area (TPSA) is 68.6 Å².